The van der Waals surface area contributed by atoms with Gasteiger partial charge in [0.1, 0.15) is 0 Å². The Hall–Kier alpha value is -4.06. The maximum absolute atomic E-state index is 12.8. The van der Waals surface area contributed by atoms with E-state index in [1.807, 2.05) is 55.5 Å². The predicted molar refractivity (Wildman–Crippen MR) is 116 cm³/mol. The Morgan fingerprint density at radius 3 is 2.57 bits per heavy atom. The number of rotatable bonds is 5. The van der Waals surface area contributed by atoms with Gasteiger partial charge in [-0.1, -0.05) is 30.3 Å². The monoisotopic (exact) mass is 396 g/mol. The van der Waals surface area contributed by atoms with Crippen LogP contribution < -0.4 is 10.6 Å². The molecule has 0 atom stereocenters. The Bertz CT molecular complexity index is 1220. The molecule has 4 rings (SSSR count). The van der Waals surface area contributed by atoms with E-state index in [0.29, 0.717) is 29.1 Å². The average molecular weight is 396 g/mol. The van der Waals surface area contributed by atoms with E-state index in [1.54, 1.807) is 30.5 Å². The summed E-state index contributed by atoms with van der Waals surface area (Å²) in [4.78, 5) is 34.0. The van der Waals surface area contributed by atoms with E-state index < -0.39 is 0 Å². The van der Waals surface area contributed by atoms with Crippen LogP contribution in [0.1, 0.15) is 32.1 Å². The molecule has 30 heavy (non-hydrogen) atoms. The molecule has 2 aromatic carbocycles. The maximum Gasteiger partial charge on any atom is 0.257 e. The number of pyridine rings is 2. The van der Waals surface area contributed by atoms with Gasteiger partial charge >= 0.3 is 0 Å². The van der Waals surface area contributed by atoms with Crippen LogP contribution in [-0.4, -0.2) is 21.8 Å². The second kappa shape index (κ2) is 8.53. The lowest BCUT2D eigenvalue weighted by molar-refractivity contribution is 0.0949. The number of nitrogens with one attached hydrogen (secondary N) is 2. The number of hydrogen-bond acceptors (Lipinski definition) is 4. The number of aryl methyl sites for hydroxylation is 1. The summed E-state index contributed by atoms with van der Waals surface area (Å²) in [7, 11) is 0. The molecule has 2 heterocycles. The number of nitrogens with zero attached hydrogens (tertiary/aromatic N) is 2. The lowest BCUT2D eigenvalue weighted by Crippen LogP contribution is -2.23. The number of amides is 2. The van der Waals surface area contributed by atoms with Gasteiger partial charge in [0.15, 0.2) is 0 Å². The molecule has 0 radical (unpaired) electrons. The number of fused-ring (bicyclic) bond motifs is 1. The zero-order chi connectivity index (χ0) is 20.9. The summed E-state index contributed by atoms with van der Waals surface area (Å²) in [5.41, 5.74) is 3.76. The number of benzene rings is 2. The lowest BCUT2D eigenvalue weighted by atomic mass is 10.1. The molecular weight excluding hydrogens is 376 g/mol. The molecular formula is C24H20N4O2. The molecule has 6 heteroatoms. The number of aromatic nitrogens is 2. The number of anilines is 1. The van der Waals surface area contributed by atoms with Gasteiger partial charge in [-0.25, -0.2) is 0 Å². The van der Waals surface area contributed by atoms with Gasteiger partial charge in [-0.3, -0.25) is 19.6 Å². The van der Waals surface area contributed by atoms with E-state index in [4.69, 9.17) is 0 Å². The second-order valence-corrected chi connectivity index (χ2v) is 6.85. The van der Waals surface area contributed by atoms with Crippen molar-refractivity contribution in [1.29, 1.82) is 0 Å². The number of hydrogen-bond donors (Lipinski definition) is 2. The second-order valence-electron chi connectivity index (χ2n) is 6.85. The zero-order valence-electron chi connectivity index (χ0n) is 16.4. The molecule has 6 nitrogen and oxygen atoms in total. The van der Waals surface area contributed by atoms with Crippen LogP contribution in [-0.2, 0) is 6.54 Å². The number of para-hydroxylation sites is 1. The molecule has 2 aromatic heterocycles. The number of carbonyl (C=O) groups excluding carboxylic acids is 2. The molecule has 0 spiro atoms. The Labute approximate surface area is 174 Å². The van der Waals surface area contributed by atoms with Gasteiger partial charge in [0.2, 0.25) is 0 Å². The third-order valence-corrected chi connectivity index (χ3v) is 4.70. The summed E-state index contributed by atoms with van der Waals surface area (Å²) >= 11 is 0. The van der Waals surface area contributed by atoms with Crippen molar-refractivity contribution in [2.75, 3.05) is 5.32 Å². The van der Waals surface area contributed by atoms with Crippen molar-refractivity contribution in [1.82, 2.24) is 15.3 Å². The van der Waals surface area contributed by atoms with Gasteiger partial charge in [0.05, 0.1) is 29.0 Å². The summed E-state index contributed by atoms with van der Waals surface area (Å²) < 4.78 is 0. The smallest absolute Gasteiger partial charge is 0.257 e. The van der Waals surface area contributed by atoms with Crippen LogP contribution in [0.25, 0.3) is 10.9 Å². The van der Waals surface area contributed by atoms with E-state index in [2.05, 4.69) is 20.6 Å². The van der Waals surface area contributed by atoms with Gasteiger partial charge in [0, 0.05) is 22.8 Å². The minimum absolute atomic E-state index is 0.236. The Morgan fingerprint density at radius 1 is 0.900 bits per heavy atom. The summed E-state index contributed by atoms with van der Waals surface area (Å²) in [5.74, 6) is -0.503. The Balaban J connectivity index is 1.48. The quantitative estimate of drug-likeness (QED) is 0.531. The highest BCUT2D eigenvalue weighted by molar-refractivity contribution is 6.07. The molecule has 0 aliphatic heterocycles. The van der Waals surface area contributed by atoms with Gasteiger partial charge in [-0.05, 0) is 49.4 Å². The molecule has 4 aromatic rings. The van der Waals surface area contributed by atoms with Crippen LogP contribution >= 0.6 is 0 Å². The fraction of sp³-hybridized carbons (Fsp3) is 0.0833. The van der Waals surface area contributed by atoms with E-state index >= 15 is 0 Å². The summed E-state index contributed by atoms with van der Waals surface area (Å²) in [6.45, 7) is 2.14. The van der Waals surface area contributed by atoms with Crippen molar-refractivity contribution < 1.29 is 9.59 Å². The van der Waals surface area contributed by atoms with Crippen molar-refractivity contribution in [2.24, 2.45) is 0 Å². The van der Waals surface area contributed by atoms with Crippen LogP contribution in [0.3, 0.4) is 0 Å². The molecule has 2 amide bonds. The first-order chi connectivity index (χ1) is 14.6. The topological polar surface area (TPSA) is 84.0 Å². The van der Waals surface area contributed by atoms with Crippen molar-refractivity contribution in [3.63, 3.8) is 0 Å². The zero-order valence-corrected chi connectivity index (χ0v) is 16.4. The highest BCUT2D eigenvalue weighted by Crippen LogP contribution is 2.18. The normalized spacial score (nSPS) is 10.6. The summed E-state index contributed by atoms with van der Waals surface area (Å²) in [6, 6.07) is 21.9. The minimum atomic E-state index is -0.267. The van der Waals surface area contributed by atoms with Gasteiger partial charge in [0.25, 0.3) is 11.8 Å². The van der Waals surface area contributed by atoms with E-state index in [0.717, 1.165) is 16.6 Å². The molecule has 0 fully saturated rings. The van der Waals surface area contributed by atoms with Crippen LogP contribution in [0.4, 0.5) is 5.69 Å². The standard InChI is InChI=1S/C24H20N4O2/c1-16-21(14-17-7-2-3-11-22(17)27-16)24(30)28-19-10-6-8-18(13-19)23(29)26-15-20-9-4-5-12-25-20/h2-14H,15H2,1H3,(H,26,29)(H,28,30). The van der Waals surface area contributed by atoms with Gasteiger partial charge in [-0.2, -0.15) is 0 Å². The Morgan fingerprint density at radius 2 is 1.73 bits per heavy atom. The van der Waals surface area contributed by atoms with Gasteiger partial charge in [-0.15, -0.1) is 0 Å². The summed E-state index contributed by atoms with van der Waals surface area (Å²) in [6.07, 6.45) is 1.68. The SMILES string of the molecule is Cc1nc2ccccc2cc1C(=O)Nc1cccc(C(=O)NCc2ccccn2)c1. The lowest BCUT2D eigenvalue weighted by Gasteiger charge is -2.10. The van der Waals surface area contributed by atoms with Crippen LogP contribution in [0.5, 0.6) is 0 Å². The van der Waals surface area contributed by atoms with E-state index in [9.17, 15) is 9.59 Å². The molecule has 2 N–H and O–H groups in total. The van der Waals surface area contributed by atoms with Crippen molar-refractivity contribution in [3.8, 4) is 0 Å². The molecule has 0 aliphatic carbocycles. The average Bonchev–Trinajstić information content (AvgIpc) is 2.77. The maximum atomic E-state index is 12.8. The molecule has 148 valence electrons. The highest BCUT2D eigenvalue weighted by atomic mass is 16.2. The molecule has 0 saturated carbocycles. The van der Waals surface area contributed by atoms with Crippen LogP contribution in [0, 0.1) is 6.92 Å². The third kappa shape index (κ3) is 4.33. The predicted octanol–water partition coefficient (Wildman–Crippen LogP) is 4.12. The Kier molecular flexibility index (Phi) is 5.48. The molecule has 0 unspecified atom stereocenters. The fourth-order valence-corrected chi connectivity index (χ4v) is 3.15. The molecule has 0 saturated heterocycles. The summed E-state index contributed by atoms with van der Waals surface area (Å²) in [5, 5.41) is 6.59. The third-order valence-electron chi connectivity index (χ3n) is 4.70. The van der Waals surface area contributed by atoms with E-state index in [-0.39, 0.29) is 11.8 Å². The number of carbonyl (C=O) groups is 2. The first-order valence-corrected chi connectivity index (χ1v) is 9.56. The van der Waals surface area contributed by atoms with Crippen molar-refractivity contribution in [3.05, 3.63) is 102 Å². The molecule has 0 bridgehead atoms. The van der Waals surface area contributed by atoms with Crippen molar-refractivity contribution in [2.45, 2.75) is 13.5 Å². The largest absolute Gasteiger partial charge is 0.346 e. The van der Waals surface area contributed by atoms with Gasteiger partial charge < -0.3 is 10.6 Å². The fourth-order valence-electron chi connectivity index (χ4n) is 3.15. The highest BCUT2D eigenvalue weighted by Gasteiger charge is 2.13. The first-order valence-electron chi connectivity index (χ1n) is 9.56. The van der Waals surface area contributed by atoms with Crippen LogP contribution in [0.2, 0.25) is 0 Å². The van der Waals surface area contributed by atoms with E-state index in [1.165, 1.54) is 0 Å². The molecule has 0 aliphatic rings. The van der Waals surface area contributed by atoms with Crippen LogP contribution in [0.15, 0.2) is 79.0 Å². The van der Waals surface area contributed by atoms with Crippen molar-refractivity contribution >= 4 is 28.4 Å². The minimum Gasteiger partial charge on any atom is -0.346 e. The first kappa shape index (κ1) is 19.3.